The van der Waals surface area contributed by atoms with Gasteiger partial charge in [0.15, 0.2) is 0 Å². The summed E-state index contributed by atoms with van der Waals surface area (Å²) < 4.78 is 13.4. The number of amides is 1. The number of halogens is 1. The number of benzene rings is 1. The van der Waals surface area contributed by atoms with E-state index in [1.807, 2.05) is 0 Å². The van der Waals surface area contributed by atoms with E-state index in [4.69, 9.17) is 5.11 Å². The number of likely N-dealkylation sites (tertiary alicyclic amines) is 1. The van der Waals surface area contributed by atoms with Gasteiger partial charge in [0.25, 0.3) is 0 Å². The van der Waals surface area contributed by atoms with Gasteiger partial charge in [0.1, 0.15) is 17.6 Å². The Bertz CT molecular complexity index is 787. The van der Waals surface area contributed by atoms with E-state index < -0.39 is 23.3 Å². The summed E-state index contributed by atoms with van der Waals surface area (Å²) in [6, 6.07) is 3.92. The maximum Gasteiger partial charge on any atom is 0.407 e. The zero-order chi connectivity index (χ0) is 16.6. The summed E-state index contributed by atoms with van der Waals surface area (Å²) in [6.07, 6.45) is 0.361. The second-order valence-electron chi connectivity index (χ2n) is 5.54. The van der Waals surface area contributed by atoms with E-state index >= 15 is 0 Å². The van der Waals surface area contributed by atoms with Gasteiger partial charge in [-0.05, 0) is 25.0 Å². The fourth-order valence-corrected chi connectivity index (χ4v) is 3.04. The van der Waals surface area contributed by atoms with Crippen LogP contribution in [0, 0.1) is 5.82 Å². The Balaban J connectivity index is 2.10. The van der Waals surface area contributed by atoms with Crippen molar-refractivity contribution >= 4 is 23.0 Å². The Morgan fingerprint density at radius 1 is 1.17 bits per heavy atom. The van der Waals surface area contributed by atoms with Gasteiger partial charge in [0.2, 0.25) is 0 Å². The zero-order valence-electron chi connectivity index (χ0n) is 12.1. The van der Waals surface area contributed by atoms with Crippen LogP contribution in [-0.2, 0) is 10.2 Å². The third kappa shape index (κ3) is 2.45. The molecule has 0 unspecified atom stereocenters. The van der Waals surface area contributed by atoms with Crippen molar-refractivity contribution in [3.63, 3.8) is 0 Å². The average Bonchev–Trinajstić information content (AvgIpc) is 2.53. The van der Waals surface area contributed by atoms with Crippen LogP contribution in [0.5, 0.6) is 0 Å². The minimum atomic E-state index is -1.30. The first-order chi connectivity index (χ1) is 10.9. The van der Waals surface area contributed by atoms with Crippen molar-refractivity contribution in [3.8, 4) is 0 Å². The SMILES string of the molecule is O=C(O)N1CCC(C(=O)O)(c2ncnc3cc(F)ccc23)CC1. The number of piperidine rings is 1. The smallest absolute Gasteiger partial charge is 0.407 e. The molecule has 0 aliphatic carbocycles. The van der Waals surface area contributed by atoms with Crippen molar-refractivity contribution in [2.24, 2.45) is 0 Å². The molecular formula is C15H14FN3O4. The molecule has 3 rings (SSSR count). The fraction of sp³-hybridized carbons (Fsp3) is 0.333. The summed E-state index contributed by atoms with van der Waals surface area (Å²) in [5.41, 5.74) is -0.665. The van der Waals surface area contributed by atoms with E-state index in [2.05, 4.69) is 9.97 Å². The quantitative estimate of drug-likeness (QED) is 0.875. The van der Waals surface area contributed by atoms with Gasteiger partial charge in [0.05, 0.1) is 11.2 Å². The predicted octanol–water partition coefficient (Wildman–Crippen LogP) is 1.87. The monoisotopic (exact) mass is 319 g/mol. The maximum atomic E-state index is 13.4. The number of carboxylic acid groups (broad SMARTS) is 2. The Kier molecular flexibility index (Phi) is 3.59. The maximum absolute atomic E-state index is 13.4. The van der Waals surface area contributed by atoms with E-state index in [1.54, 1.807) is 0 Å². The Labute approximate surface area is 130 Å². The summed E-state index contributed by atoms with van der Waals surface area (Å²) in [4.78, 5) is 32.3. The zero-order valence-corrected chi connectivity index (χ0v) is 12.1. The molecule has 1 aromatic heterocycles. The molecule has 2 N–H and O–H groups in total. The number of carboxylic acids is 1. The number of nitrogens with zero attached hydrogens (tertiary/aromatic N) is 3. The molecule has 23 heavy (non-hydrogen) atoms. The normalized spacial score (nSPS) is 17.2. The second kappa shape index (κ2) is 5.45. The highest BCUT2D eigenvalue weighted by molar-refractivity contribution is 5.90. The molecule has 0 radical (unpaired) electrons. The number of hydrogen-bond donors (Lipinski definition) is 2. The van der Waals surface area contributed by atoms with Crippen LogP contribution in [0.2, 0.25) is 0 Å². The molecule has 7 nitrogen and oxygen atoms in total. The lowest BCUT2D eigenvalue weighted by molar-refractivity contribution is -0.146. The van der Waals surface area contributed by atoms with Gasteiger partial charge in [-0.15, -0.1) is 0 Å². The fourth-order valence-electron chi connectivity index (χ4n) is 3.04. The van der Waals surface area contributed by atoms with Gasteiger partial charge < -0.3 is 15.1 Å². The molecule has 8 heteroatoms. The molecule has 2 aromatic rings. The molecule has 2 heterocycles. The molecule has 120 valence electrons. The molecule has 1 aliphatic heterocycles. The van der Waals surface area contributed by atoms with E-state index in [0.717, 1.165) is 0 Å². The first-order valence-electron chi connectivity index (χ1n) is 7.06. The lowest BCUT2D eigenvalue weighted by Crippen LogP contribution is -2.49. The van der Waals surface area contributed by atoms with Crippen molar-refractivity contribution in [1.29, 1.82) is 0 Å². The third-order valence-electron chi connectivity index (χ3n) is 4.35. The van der Waals surface area contributed by atoms with Crippen molar-refractivity contribution in [1.82, 2.24) is 14.9 Å². The largest absolute Gasteiger partial charge is 0.481 e. The van der Waals surface area contributed by atoms with Crippen LogP contribution in [0.1, 0.15) is 18.5 Å². The van der Waals surface area contributed by atoms with Gasteiger partial charge in [-0.3, -0.25) is 4.79 Å². The number of aromatic nitrogens is 2. The van der Waals surface area contributed by atoms with E-state index in [0.29, 0.717) is 16.6 Å². The van der Waals surface area contributed by atoms with E-state index in [9.17, 15) is 19.1 Å². The standard InChI is InChI=1S/C15H14FN3O4/c16-9-1-2-10-11(7-9)17-8-18-12(10)15(13(20)21)3-5-19(6-4-15)14(22)23/h1-2,7-8H,3-6H2,(H,20,21)(H,22,23). The highest BCUT2D eigenvalue weighted by atomic mass is 19.1. The van der Waals surface area contributed by atoms with E-state index in [1.165, 1.54) is 29.4 Å². The Morgan fingerprint density at radius 3 is 2.48 bits per heavy atom. The van der Waals surface area contributed by atoms with Gasteiger partial charge >= 0.3 is 12.1 Å². The molecular weight excluding hydrogens is 305 g/mol. The van der Waals surface area contributed by atoms with Crippen molar-refractivity contribution in [3.05, 3.63) is 36.0 Å². The van der Waals surface area contributed by atoms with Crippen molar-refractivity contribution in [2.75, 3.05) is 13.1 Å². The Hall–Kier alpha value is -2.77. The molecule has 1 amide bonds. The minimum Gasteiger partial charge on any atom is -0.481 e. The molecule has 1 fully saturated rings. The number of rotatable bonds is 2. The second-order valence-corrected chi connectivity index (χ2v) is 5.54. The van der Waals surface area contributed by atoms with Crippen LogP contribution in [-0.4, -0.2) is 50.2 Å². The Morgan fingerprint density at radius 2 is 1.87 bits per heavy atom. The van der Waals surface area contributed by atoms with Crippen molar-refractivity contribution in [2.45, 2.75) is 18.3 Å². The third-order valence-corrected chi connectivity index (χ3v) is 4.35. The van der Waals surface area contributed by atoms with Crippen LogP contribution < -0.4 is 0 Å². The minimum absolute atomic E-state index is 0.105. The highest BCUT2D eigenvalue weighted by Crippen LogP contribution is 2.38. The lowest BCUT2D eigenvalue weighted by Gasteiger charge is -2.37. The molecule has 0 bridgehead atoms. The van der Waals surface area contributed by atoms with Crippen LogP contribution >= 0.6 is 0 Å². The predicted molar refractivity (Wildman–Crippen MR) is 77.6 cm³/mol. The van der Waals surface area contributed by atoms with Crippen LogP contribution in [0.4, 0.5) is 9.18 Å². The van der Waals surface area contributed by atoms with Crippen LogP contribution in [0.25, 0.3) is 10.9 Å². The molecule has 0 spiro atoms. The highest BCUT2D eigenvalue weighted by Gasteiger charge is 2.46. The van der Waals surface area contributed by atoms with Gasteiger partial charge in [0, 0.05) is 24.5 Å². The summed E-state index contributed by atoms with van der Waals surface area (Å²) in [5, 5.41) is 19.3. The van der Waals surface area contributed by atoms with Gasteiger partial charge in [-0.2, -0.15) is 0 Å². The molecule has 1 aromatic carbocycles. The average molecular weight is 319 g/mol. The molecule has 0 atom stereocenters. The summed E-state index contributed by atoms with van der Waals surface area (Å²) in [7, 11) is 0. The number of aliphatic carboxylic acids is 1. The van der Waals surface area contributed by atoms with Crippen molar-refractivity contribution < 1.29 is 24.2 Å². The number of hydrogen-bond acceptors (Lipinski definition) is 4. The first-order valence-corrected chi connectivity index (χ1v) is 7.06. The molecule has 1 aliphatic rings. The topological polar surface area (TPSA) is 104 Å². The lowest BCUT2D eigenvalue weighted by atomic mass is 9.74. The van der Waals surface area contributed by atoms with Gasteiger partial charge in [-0.25, -0.2) is 19.2 Å². The van der Waals surface area contributed by atoms with Gasteiger partial charge in [-0.1, -0.05) is 0 Å². The van der Waals surface area contributed by atoms with Crippen LogP contribution in [0.15, 0.2) is 24.5 Å². The molecule has 1 saturated heterocycles. The summed E-state index contributed by atoms with van der Waals surface area (Å²) in [6.45, 7) is 0.211. The number of carbonyl (C=O) groups is 2. The van der Waals surface area contributed by atoms with E-state index in [-0.39, 0.29) is 25.9 Å². The summed E-state index contributed by atoms with van der Waals surface area (Å²) in [5.74, 6) is -1.53. The first kappa shape index (κ1) is 15.1. The summed E-state index contributed by atoms with van der Waals surface area (Å²) >= 11 is 0. The number of fused-ring (bicyclic) bond motifs is 1. The molecule has 0 saturated carbocycles. The van der Waals surface area contributed by atoms with Crippen LogP contribution in [0.3, 0.4) is 0 Å².